The molecule has 0 bridgehead atoms. The fourth-order valence-corrected chi connectivity index (χ4v) is 2.48. The van der Waals surface area contributed by atoms with Gasteiger partial charge in [0.05, 0.1) is 0 Å². The van der Waals surface area contributed by atoms with E-state index >= 15 is 0 Å². The minimum Gasteiger partial charge on any atom is -0.316 e. The van der Waals surface area contributed by atoms with Gasteiger partial charge in [-0.15, -0.1) is 0 Å². The normalized spacial score (nSPS) is 15.5. The third-order valence-electron chi connectivity index (χ3n) is 3.79. The van der Waals surface area contributed by atoms with Gasteiger partial charge in [0.2, 0.25) is 0 Å². The Hall–Kier alpha value is -0.560. The van der Waals surface area contributed by atoms with Crippen molar-refractivity contribution in [1.82, 2.24) is 5.32 Å². The molecule has 2 atom stereocenters. The van der Waals surface area contributed by atoms with Crippen LogP contribution in [0.15, 0.2) is 24.3 Å². The molecule has 1 N–H and O–H groups in total. The van der Waals surface area contributed by atoms with Gasteiger partial charge in [0.25, 0.3) is 0 Å². The van der Waals surface area contributed by atoms with Crippen molar-refractivity contribution in [2.75, 3.05) is 13.1 Å². The summed E-state index contributed by atoms with van der Waals surface area (Å²) in [6, 6.07) is 0. The molecule has 0 spiro atoms. The lowest BCUT2D eigenvalue weighted by Crippen LogP contribution is -2.23. The first-order valence-electron chi connectivity index (χ1n) is 8.60. The summed E-state index contributed by atoms with van der Waals surface area (Å²) in [5.41, 5.74) is 0. The molecule has 0 radical (unpaired) electrons. The average molecular weight is 280 g/mol. The molecule has 0 aromatic carbocycles. The number of rotatable bonds is 12. The molecule has 0 aromatic heterocycles. The Bertz CT molecular complexity index is 252. The molecule has 0 saturated carbocycles. The minimum atomic E-state index is 0.617. The van der Waals surface area contributed by atoms with Crippen LogP contribution in [0.5, 0.6) is 0 Å². The van der Waals surface area contributed by atoms with Crippen LogP contribution in [-0.2, 0) is 0 Å². The van der Waals surface area contributed by atoms with Gasteiger partial charge < -0.3 is 5.32 Å². The van der Waals surface area contributed by atoms with E-state index in [-0.39, 0.29) is 0 Å². The van der Waals surface area contributed by atoms with Gasteiger partial charge in [-0.25, -0.2) is 0 Å². The summed E-state index contributed by atoms with van der Waals surface area (Å²) in [6.07, 6.45) is 15.4. The van der Waals surface area contributed by atoms with E-state index in [9.17, 15) is 0 Å². The monoisotopic (exact) mass is 279 g/mol. The summed E-state index contributed by atoms with van der Waals surface area (Å²) < 4.78 is 0. The van der Waals surface area contributed by atoms with E-state index in [1.54, 1.807) is 0 Å². The zero-order valence-corrected chi connectivity index (χ0v) is 14.5. The molecule has 0 fully saturated rings. The van der Waals surface area contributed by atoms with Crippen molar-refractivity contribution in [3.05, 3.63) is 24.3 Å². The third kappa shape index (κ3) is 12.5. The van der Waals surface area contributed by atoms with Crippen LogP contribution in [0.25, 0.3) is 0 Å². The SMILES string of the molecule is C/C=C\C=C/C(C)CNCCC(CCC)CCC(C)C. The first-order chi connectivity index (χ1) is 9.60. The highest BCUT2D eigenvalue weighted by atomic mass is 14.8. The summed E-state index contributed by atoms with van der Waals surface area (Å²) in [5, 5.41) is 3.61. The molecule has 1 heteroatoms. The lowest BCUT2D eigenvalue weighted by atomic mass is 9.91. The number of hydrogen-bond donors (Lipinski definition) is 1. The quantitative estimate of drug-likeness (QED) is 0.363. The molecular formula is C19H37N. The maximum atomic E-state index is 3.61. The van der Waals surface area contributed by atoms with Crippen molar-refractivity contribution in [3.8, 4) is 0 Å². The maximum absolute atomic E-state index is 3.61. The molecular weight excluding hydrogens is 242 g/mol. The zero-order chi connectivity index (χ0) is 15.2. The summed E-state index contributed by atoms with van der Waals surface area (Å²) >= 11 is 0. The Balaban J connectivity index is 3.76. The van der Waals surface area contributed by atoms with E-state index in [0.717, 1.165) is 18.4 Å². The van der Waals surface area contributed by atoms with Crippen LogP contribution < -0.4 is 5.32 Å². The van der Waals surface area contributed by atoms with Crippen LogP contribution in [0.3, 0.4) is 0 Å². The largest absolute Gasteiger partial charge is 0.316 e. The molecule has 0 heterocycles. The third-order valence-corrected chi connectivity index (χ3v) is 3.79. The number of nitrogens with one attached hydrogen (secondary N) is 1. The molecule has 0 aliphatic carbocycles. The highest BCUT2D eigenvalue weighted by Gasteiger charge is 2.08. The molecule has 118 valence electrons. The van der Waals surface area contributed by atoms with Crippen molar-refractivity contribution in [2.45, 2.75) is 66.7 Å². The van der Waals surface area contributed by atoms with Gasteiger partial charge in [0.15, 0.2) is 0 Å². The molecule has 0 aromatic rings. The van der Waals surface area contributed by atoms with E-state index in [4.69, 9.17) is 0 Å². The van der Waals surface area contributed by atoms with E-state index in [1.165, 1.54) is 38.6 Å². The van der Waals surface area contributed by atoms with Gasteiger partial charge in [-0.1, -0.05) is 77.7 Å². The fraction of sp³-hybridized carbons (Fsp3) is 0.789. The van der Waals surface area contributed by atoms with Crippen molar-refractivity contribution >= 4 is 0 Å². The molecule has 0 aliphatic rings. The second kappa shape index (κ2) is 13.4. The Morgan fingerprint density at radius 2 is 1.70 bits per heavy atom. The van der Waals surface area contributed by atoms with E-state index in [0.29, 0.717) is 5.92 Å². The Kier molecular flexibility index (Phi) is 13.0. The van der Waals surface area contributed by atoms with Crippen molar-refractivity contribution < 1.29 is 0 Å². The van der Waals surface area contributed by atoms with Crippen LogP contribution in [0.2, 0.25) is 0 Å². The standard InChI is InChI=1S/C19H37N/c1-6-8-9-11-18(5)16-20-15-14-19(10-7-2)13-12-17(3)4/h6,8-9,11,17-20H,7,10,12-16H2,1-5H3/b8-6-,11-9-. The lowest BCUT2D eigenvalue weighted by molar-refractivity contribution is 0.366. The van der Waals surface area contributed by atoms with Gasteiger partial charge in [0, 0.05) is 6.54 Å². The zero-order valence-electron chi connectivity index (χ0n) is 14.5. The molecule has 0 rings (SSSR count). The number of allylic oxidation sites excluding steroid dienone is 3. The van der Waals surface area contributed by atoms with Gasteiger partial charge in [-0.2, -0.15) is 0 Å². The predicted molar refractivity (Wildman–Crippen MR) is 93.1 cm³/mol. The molecule has 0 amide bonds. The van der Waals surface area contributed by atoms with Crippen LogP contribution >= 0.6 is 0 Å². The fourth-order valence-electron chi connectivity index (χ4n) is 2.48. The van der Waals surface area contributed by atoms with E-state index < -0.39 is 0 Å². The first kappa shape index (κ1) is 19.4. The molecule has 1 nitrogen and oxygen atoms in total. The van der Waals surface area contributed by atoms with Crippen molar-refractivity contribution in [3.63, 3.8) is 0 Å². The smallest absolute Gasteiger partial charge is 0.00116 e. The summed E-state index contributed by atoms with van der Waals surface area (Å²) in [5.74, 6) is 2.38. The Morgan fingerprint density at radius 1 is 0.950 bits per heavy atom. The summed E-state index contributed by atoms with van der Waals surface area (Å²) in [4.78, 5) is 0. The van der Waals surface area contributed by atoms with Crippen molar-refractivity contribution in [1.29, 1.82) is 0 Å². The lowest BCUT2D eigenvalue weighted by Gasteiger charge is -2.18. The van der Waals surface area contributed by atoms with E-state index in [2.05, 4.69) is 64.2 Å². The molecule has 20 heavy (non-hydrogen) atoms. The predicted octanol–water partition coefficient (Wildman–Crippen LogP) is 5.59. The molecule has 0 aliphatic heterocycles. The topological polar surface area (TPSA) is 12.0 Å². The summed E-state index contributed by atoms with van der Waals surface area (Å²) in [7, 11) is 0. The van der Waals surface area contributed by atoms with E-state index in [1.807, 2.05) is 0 Å². The summed E-state index contributed by atoms with van der Waals surface area (Å²) in [6.45, 7) is 13.6. The molecule has 2 unspecified atom stereocenters. The van der Waals surface area contributed by atoms with Crippen LogP contribution in [-0.4, -0.2) is 13.1 Å². The highest BCUT2D eigenvalue weighted by molar-refractivity contribution is 5.02. The second-order valence-electron chi connectivity index (χ2n) is 6.51. The van der Waals surface area contributed by atoms with Crippen LogP contribution in [0, 0.1) is 17.8 Å². The van der Waals surface area contributed by atoms with Gasteiger partial charge >= 0.3 is 0 Å². The Morgan fingerprint density at radius 3 is 2.30 bits per heavy atom. The molecule has 0 saturated heterocycles. The van der Waals surface area contributed by atoms with Gasteiger partial charge in [-0.3, -0.25) is 0 Å². The van der Waals surface area contributed by atoms with Gasteiger partial charge in [-0.05, 0) is 37.6 Å². The van der Waals surface area contributed by atoms with Crippen molar-refractivity contribution in [2.24, 2.45) is 17.8 Å². The highest BCUT2D eigenvalue weighted by Crippen LogP contribution is 2.20. The Labute approximate surface area is 127 Å². The van der Waals surface area contributed by atoms with Crippen LogP contribution in [0.4, 0.5) is 0 Å². The maximum Gasteiger partial charge on any atom is 0.00116 e. The number of hydrogen-bond acceptors (Lipinski definition) is 1. The van der Waals surface area contributed by atoms with Crippen LogP contribution in [0.1, 0.15) is 66.7 Å². The second-order valence-corrected chi connectivity index (χ2v) is 6.51. The minimum absolute atomic E-state index is 0.617. The average Bonchev–Trinajstić information content (AvgIpc) is 2.41. The first-order valence-corrected chi connectivity index (χ1v) is 8.60. The van der Waals surface area contributed by atoms with Gasteiger partial charge in [0.1, 0.15) is 0 Å².